The first kappa shape index (κ1) is 19.3. The predicted octanol–water partition coefficient (Wildman–Crippen LogP) is 2.69. The van der Waals surface area contributed by atoms with Crippen molar-refractivity contribution in [3.05, 3.63) is 64.8 Å². The van der Waals surface area contributed by atoms with Gasteiger partial charge in [0.05, 0.1) is 5.56 Å². The van der Waals surface area contributed by atoms with Gasteiger partial charge in [0.25, 0.3) is 5.91 Å². The lowest BCUT2D eigenvalue weighted by molar-refractivity contribution is 0.0962. The van der Waals surface area contributed by atoms with Crippen LogP contribution in [0.2, 0.25) is 0 Å². The van der Waals surface area contributed by atoms with Gasteiger partial charge in [-0.15, -0.1) is 0 Å². The monoisotopic (exact) mass is 404 g/mol. The maximum atomic E-state index is 12.3. The Labute approximate surface area is 172 Å². The van der Waals surface area contributed by atoms with Crippen molar-refractivity contribution in [1.82, 2.24) is 20.4 Å². The van der Waals surface area contributed by atoms with Crippen LogP contribution in [0.1, 0.15) is 24.2 Å². The second kappa shape index (κ2) is 8.16. The van der Waals surface area contributed by atoms with Gasteiger partial charge < -0.3 is 9.32 Å². The number of hydrazine groups is 1. The first-order chi connectivity index (χ1) is 14.6. The highest BCUT2D eigenvalue weighted by molar-refractivity contribution is 5.95. The lowest BCUT2D eigenvalue weighted by Gasteiger charge is -2.21. The summed E-state index contributed by atoms with van der Waals surface area (Å²) in [6.45, 7) is 5.90. The normalized spacial score (nSPS) is 10.9. The summed E-state index contributed by atoms with van der Waals surface area (Å²) in [6, 6.07) is 10.8. The molecule has 1 aromatic heterocycles. The van der Waals surface area contributed by atoms with E-state index in [1.54, 1.807) is 12.1 Å². The van der Waals surface area contributed by atoms with E-state index in [-0.39, 0.29) is 11.7 Å². The third-order valence-electron chi connectivity index (χ3n) is 4.76. The number of amides is 1. The molecule has 152 valence electrons. The molecule has 0 unspecified atom stereocenters. The lowest BCUT2D eigenvalue weighted by Crippen LogP contribution is -2.31. The molecule has 1 amide bonds. The van der Waals surface area contributed by atoms with E-state index in [0.29, 0.717) is 16.7 Å². The van der Waals surface area contributed by atoms with Crippen LogP contribution in [0.4, 0.5) is 11.5 Å². The minimum absolute atomic E-state index is 0.139. The maximum absolute atomic E-state index is 12.3. The Kier molecular flexibility index (Phi) is 5.25. The summed E-state index contributed by atoms with van der Waals surface area (Å²) in [5, 5.41) is 0.823. The van der Waals surface area contributed by atoms with E-state index in [1.807, 2.05) is 24.3 Å². The Morgan fingerprint density at radius 1 is 1.07 bits per heavy atom. The van der Waals surface area contributed by atoms with Gasteiger partial charge in [-0.2, -0.15) is 9.97 Å². The summed E-state index contributed by atoms with van der Waals surface area (Å²) in [7, 11) is 0. The number of fused-ring (bicyclic) bond motifs is 2. The van der Waals surface area contributed by atoms with Crippen molar-refractivity contribution in [3.8, 4) is 11.5 Å². The minimum atomic E-state index is -0.717. The molecule has 3 heterocycles. The summed E-state index contributed by atoms with van der Waals surface area (Å²) in [4.78, 5) is 38.1. The molecule has 0 spiro atoms. The molecule has 0 radical (unpaired) electrons. The van der Waals surface area contributed by atoms with Gasteiger partial charge in [0.1, 0.15) is 5.58 Å². The average molecular weight is 404 g/mol. The van der Waals surface area contributed by atoms with Crippen LogP contribution < -0.4 is 21.4 Å². The van der Waals surface area contributed by atoms with Gasteiger partial charge in [0, 0.05) is 48.2 Å². The van der Waals surface area contributed by atoms with Gasteiger partial charge in [-0.3, -0.25) is 20.6 Å². The molecule has 9 heteroatoms. The maximum Gasteiger partial charge on any atom is 0.372 e. The molecule has 30 heavy (non-hydrogen) atoms. The van der Waals surface area contributed by atoms with Gasteiger partial charge in [-0.1, -0.05) is 0 Å². The highest BCUT2D eigenvalue weighted by Crippen LogP contribution is 2.32. The summed E-state index contributed by atoms with van der Waals surface area (Å²) in [5.74, 6) is -0.0936. The summed E-state index contributed by atoms with van der Waals surface area (Å²) in [6.07, 6.45) is 3.03. The number of rotatable bonds is 6. The standard InChI is InChI=1S/C21H20N6O3/c1-3-27(4-2)15-6-5-14-11-16-18(23-21(29)24-20(16)30-17(14)12-15)25-26-19(28)13-7-9-22-10-8-13/h5-12H,3-4H2,1-2H3,(H,26,28)(H,23,25,29). The zero-order valence-corrected chi connectivity index (χ0v) is 16.5. The number of aromatic nitrogens is 3. The number of pyridine rings is 1. The van der Waals surface area contributed by atoms with Gasteiger partial charge in [0.2, 0.25) is 5.89 Å². The number of nitrogens with zero attached hydrogens (tertiary/aromatic N) is 4. The smallest absolute Gasteiger partial charge is 0.372 e. The number of benzene rings is 1. The van der Waals surface area contributed by atoms with Gasteiger partial charge >= 0.3 is 5.69 Å². The number of hydrogen-bond donors (Lipinski definition) is 2. The van der Waals surface area contributed by atoms with Gasteiger partial charge in [0.15, 0.2) is 5.82 Å². The Hall–Kier alpha value is -4.01. The highest BCUT2D eigenvalue weighted by Gasteiger charge is 2.18. The Balaban J connectivity index is 1.70. The van der Waals surface area contributed by atoms with Gasteiger partial charge in [-0.25, -0.2) is 4.79 Å². The molecule has 2 N–H and O–H groups in total. The molecule has 0 saturated carbocycles. The van der Waals surface area contributed by atoms with Crippen molar-refractivity contribution in [2.75, 3.05) is 23.4 Å². The molecule has 2 aromatic rings. The molecule has 0 bridgehead atoms. The summed E-state index contributed by atoms with van der Waals surface area (Å²) >= 11 is 0. The second-order valence-corrected chi connectivity index (χ2v) is 6.53. The molecule has 2 aliphatic heterocycles. The van der Waals surface area contributed by atoms with E-state index in [2.05, 4.69) is 44.6 Å². The van der Waals surface area contributed by atoms with Crippen LogP contribution in [0.5, 0.6) is 0 Å². The number of carbonyl (C=O) groups is 1. The van der Waals surface area contributed by atoms with Crippen molar-refractivity contribution in [1.29, 1.82) is 0 Å². The molecule has 2 aliphatic rings. The van der Waals surface area contributed by atoms with Crippen LogP contribution in [0.3, 0.4) is 0 Å². The Morgan fingerprint density at radius 2 is 1.83 bits per heavy atom. The van der Waals surface area contributed by atoms with Crippen LogP contribution in [-0.2, 0) is 0 Å². The van der Waals surface area contributed by atoms with Crippen LogP contribution in [0.25, 0.3) is 22.4 Å². The number of anilines is 2. The highest BCUT2D eigenvalue weighted by atomic mass is 16.3. The van der Waals surface area contributed by atoms with Crippen molar-refractivity contribution < 1.29 is 9.21 Å². The van der Waals surface area contributed by atoms with Crippen molar-refractivity contribution in [3.63, 3.8) is 0 Å². The fourth-order valence-corrected chi connectivity index (χ4v) is 3.20. The van der Waals surface area contributed by atoms with E-state index in [0.717, 1.165) is 24.2 Å². The number of carbonyl (C=O) groups excluding carboxylic acids is 1. The largest absolute Gasteiger partial charge is 0.437 e. The zero-order valence-electron chi connectivity index (χ0n) is 16.5. The van der Waals surface area contributed by atoms with E-state index < -0.39 is 11.6 Å². The van der Waals surface area contributed by atoms with E-state index in [9.17, 15) is 9.59 Å². The Bertz CT molecular complexity index is 1220. The lowest BCUT2D eigenvalue weighted by atomic mass is 10.1. The SMILES string of the molecule is CCN(CC)c1ccc2cc3c(NNC(=O)c4ccncc4)nc(=O)nc-3oc2c1. The third-order valence-corrected chi connectivity index (χ3v) is 4.76. The molecule has 0 atom stereocenters. The van der Waals surface area contributed by atoms with Crippen LogP contribution >= 0.6 is 0 Å². The zero-order chi connectivity index (χ0) is 21.1. The first-order valence-corrected chi connectivity index (χ1v) is 9.56. The number of hydrogen-bond acceptors (Lipinski definition) is 8. The molecule has 1 aromatic carbocycles. The van der Waals surface area contributed by atoms with Crippen molar-refractivity contribution in [2.24, 2.45) is 0 Å². The average Bonchev–Trinajstić information content (AvgIpc) is 2.77. The fraction of sp³-hybridized carbons (Fsp3) is 0.190. The van der Waals surface area contributed by atoms with Gasteiger partial charge in [-0.05, 0) is 44.2 Å². The molecule has 0 aliphatic carbocycles. The van der Waals surface area contributed by atoms with Crippen LogP contribution in [0.15, 0.2) is 58.0 Å². The summed E-state index contributed by atoms with van der Waals surface area (Å²) < 4.78 is 5.90. The molecule has 0 saturated heterocycles. The number of nitrogens with one attached hydrogen (secondary N) is 2. The molecule has 0 fully saturated rings. The van der Waals surface area contributed by atoms with Crippen LogP contribution in [0, 0.1) is 0 Å². The molecule has 9 nitrogen and oxygen atoms in total. The van der Waals surface area contributed by atoms with E-state index in [1.165, 1.54) is 12.4 Å². The van der Waals surface area contributed by atoms with Crippen LogP contribution in [-0.4, -0.2) is 33.9 Å². The fourth-order valence-electron chi connectivity index (χ4n) is 3.20. The minimum Gasteiger partial charge on any atom is -0.437 e. The first-order valence-electron chi connectivity index (χ1n) is 9.56. The topological polar surface area (TPSA) is 113 Å². The van der Waals surface area contributed by atoms with E-state index in [4.69, 9.17) is 4.42 Å². The summed E-state index contributed by atoms with van der Waals surface area (Å²) in [5.41, 5.74) is 7.04. The molecular formula is C21H20N6O3. The van der Waals surface area contributed by atoms with E-state index >= 15 is 0 Å². The quantitative estimate of drug-likeness (QED) is 0.372. The Morgan fingerprint density at radius 3 is 2.57 bits per heavy atom. The molecular weight excluding hydrogens is 384 g/mol. The van der Waals surface area contributed by atoms with Crippen molar-refractivity contribution in [2.45, 2.75) is 13.8 Å². The molecule has 4 rings (SSSR count). The second-order valence-electron chi connectivity index (χ2n) is 6.53. The predicted molar refractivity (Wildman–Crippen MR) is 114 cm³/mol. The third kappa shape index (κ3) is 3.77. The van der Waals surface area contributed by atoms with Crippen molar-refractivity contribution >= 4 is 28.4 Å².